The summed E-state index contributed by atoms with van der Waals surface area (Å²) in [6.45, 7) is 5.94. The normalized spacial score (nSPS) is 21.1. The highest BCUT2D eigenvalue weighted by Gasteiger charge is 2.29. The number of aryl methyl sites for hydroxylation is 1. The zero-order valence-electron chi connectivity index (χ0n) is 11.3. The largest absolute Gasteiger partial charge is 0.341 e. The summed E-state index contributed by atoms with van der Waals surface area (Å²) in [5.74, 6) is 0.808. The Kier molecular flexibility index (Phi) is 4.33. The first-order valence-corrected chi connectivity index (χ1v) is 7.79. The third-order valence-electron chi connectivity index (χ3n) is 3.83. The van der Waals surface area contributed by atoms with Crippen LogP contribution >= 0.6 is 11.8 Å². The van der Waals surface area contributed by atoms with Gasteiger partial charge < -0.3 is 4.90 Å². The zero-order valence-corrected chi connectivity index (χ0v) is 12.2. The van der Waals surface area contributed by atoms with Crippen LogP contribution in [0.5, 0.6) is 0 Å². The molecule has 2 atom stereocenters. The Bertz CT molecular complexity index is 432. The molecule has 2 nitrogen and oxygen atoms in total. The van der Waals surface area contributed by atoms with E-state index in [2.05, 4.69) is 31.2 Å². The molecule has 1 fully saturated rings. The number of carbonyl (C=O) groups is 1. The van der Waals surface area contributed by atoms with Crippen LogP contribution in [-0.4, -0.2) is 35.4 Å². The van der Waals surface area contributed by atoms with Crippen molar-refractivity contribution in [2.75, 3.05) is 19.3 Å². The van der Waals surface area contributed by atoms with Crippen molar-refractivity contribution in [3.05, 3.63) is 35.4 Å². The standard InChI is InChI=1S/C15H21NOS/c1-11-6-4-5-7-14(11)13-8-9-16(10-13)15(17)12(2)18-3/h4-7,12-13H,8-10H2,1-3H3/t12-,13-/m0/s1. The van der Waals surface area contributed by atoms with Crippen molar-refractivity contribution in [1.29, 1.82) is 0 Å². The van der Waals surface area contributed by atoms with Gasteiger partial charge in [0.2, 0.25) is 5.91 Å². The van der Waals surface area contributed by atoms with Gasteiger partial charge in [-0.25, -0.2) is 0 Å². The molecule has 98 valence electrons. The third-order valence-corrected chi connectivity index (χ3v) is 4.74. The van der Waals surface area contributed by atoms with Crippen molar-refractivity contribution >= 4 is 17.7 Å². The summed E-state index contributed by atoms with van der Waals surface area (Å²) in [5.41, 5.74) is 2.75. The van der Waals surface area contributed by atoms with Gasteiger partial charge in [0.1, 0.15) is 0 Å². The second kappa shape index (κ2) is 5.79. The lowest BCUT2D eigenvalue weighted by atomic mass is 9.94. The van der Waals surface area contributed by atoms with Gasteiger partial charge in [-0.1, -0.05) is 24.3 Å². The van der Waals surface area contributed by atoms with Crippen LogP contribution in [0.3, 0.4) is 0 Å². The van der Waals surface area contributed by atoms with E-state index in [1.54, 1.807) is 11.8 Å². The Hall–Kier alpha value is -0.960. The van der Waals surface area contributed by atoms with E-state index in [1.165, 1.54) is 11.1 Å². The molecule has 0 saturated carbocycles. The highest BCUT2D eigenvalue weighted by molar-refractivity contribution is 7.99. The van der Waals surface area contributed by atoms with Crippen molar-refractivity contribution in [3.63, 3.8) is 0 Å². The van der Waals surface area contributed by atoms with Crippen LogP contribution in [-0.2, 0) is 4.79 Å². The number of amides is 1. The Morgan fingerprint density at radius 2 is 2.17 bits per heavy atom. The van der Waals surface area contributed by atoms with Crippen LogP contribution in [0.4, 0.5) is 0 Å². The first-order chi connectivity index (χ1) is 8.63. The van der Waals surface area contributed by atoms with Crippen molar-refractivity contribution in [3.8, 4) is 0 Å². The van der Waals surface area contributed by atoms with E-state index < -0.39 is 0 Å². The second-order valence-corrected chi connectivity index (χ2v) is 6.18. The molecule has 2 rings (SSSR count). The molecule has 0 N–H and O–H groups in total. The predicted molar refractivity (Wildman–Crippen MR) is 78.1 cm³/mol. The molecular formula is C15H21NOS. The van der Waals surface area contributed by atoms with Crippen LogP contribution in [0, 0.1) is 6.92 Å². The van der Waals surface area contributed by atoms with Crippen molar-refractivity contribution < 1.29 is 4.79 Å². The Morgan fingerprint density at radius 1 is 1.44 bits per heavy atom. The number of carbonyl (C=O) groups excluding carboxylic acids is 1. The molecule has 1 heterocycles. The third kappa shape index (κ3) is 2.72. The van der Waals surface area contributed by atoms with Crippen LogP contribution in [0.15, 0.2) is 24.3 Å². The quantitative estimate of drug-likeness (QED) is 0.835. The number of hydrogen-bond acceptors (Lipinski definition) is 2. The van der Waals surface area contributed by atoms with Gasteiger partial charge in [0, 0.05) is 19.0 Å². The fraction of sp³-hybridized carbons (Fsp3) is 0.533. The minimum Gasteiger partial charge on any atom is -0.341 e. The maximum Gasteiger partial charge on any atom is 0.235 e. The monoisotopic (exact) mass is 263 g/mol. The number of rotatable bonds is 3. The molecule has 18 heavy (non-hydrogen) atoms. The van der Waals surface area contributed by atoms with Gasteiger partial charge in [0.15, 0.2) is 0 Å². The second-order valence-electron chi connectivity index (χ2n) is 5.00. The Labute approximate surface area is 114 Å². The highest BCUT2D eigenvalue weighted by Crippen LogP contribution is 2.30. The predicted octanol–water partition coefficient (Wildman–Crippen LogP) is 3.06. The van der Waals surface area contributed by atoms with Gasteiger partial charge in [-0.3, -0.25) is 4.79 Å². The molecule has 1 aromatic carbocycles. The average molecular weight is 263 g/mol. The molecule has 0 bridgehead atoms. The summed E-state index contributed by atoms with van der Waals surface area (Å²) in [5, 5.41) is 0.0839. The van der Waals surface area contributed by atoms with Gasteiger partial charge in [-0.05, 0) is 37.7 Å². The lowest BCUT2D eigenvalue weighted by Gasteiger charge is -2.20. The number of benzene rings is 1. The summed E-state index contributed by atoms with van der Waals surface area (Å²) >= 11 is 1.63. The van der Waals surface area contributed by atoms with Crippen LogP contribution in [0.25, 0.3) is 0 Å². The smallest absolute Gasteiger partial charge is 0.235 e. The lowest BCUT2D eigenvalue weighted by molar-refractivity contribution is -0.129. The first kappa shape index (κ1) is 13.5. The fourth-order valence-corrected chi connectivity index (χ4v) is 2.97. The minimum atomic E-state index is 0.0839. The van der Waals surface area contributed by atoms with Crippen LogP contribution in [0.1, 0.15) is 30.4 Å². The molecule has 1 saturated heterocycles. The highest BCUT2D eigenvalue weighted by atomic mass is 32.2. The van der Waals surface area contributed by atoms with Crippen molar-refractivity contribution in [1.82, 2.24) is 4.90 Å². The van der Waals surface area contributed by atoms with Crippen molar-refractivity contribution in [2.24, 2.45) is 0 Å². The molecule has 1 aromatic rings. The fourth-order valence-electron chi connectivity index (χ4n) is 2.62. The molecule has 0 radical (unpaired) electrons. The maximum atomic E-state index is 12.1. The molecule has 0 spiro atoms. The van der Waals surface area contributed by atoms with E-state index in [4.69, 9.17) is 0 Å². The van der Waals surface area contributed by atoms with Gasteiger partial charge >= 0.3 is 0 Å². The van der Waals surface area contributed by atoms with Gasteiger partial charge in [0.25, 0.3) is 0 Å². The number of nitrogens with zero attached hydrogens (tertiary/aromatic N) is 1. The number of thioether (sulfide) groups is 1. The SMILES string of the molecule is CS[C@@H](C)C(=O)N1CC[C@H](c2ccccc2C)C1. The molecule has 1 aliphatic rings. The zero-order chi connectivity index (χ0) is 13.1. The lowest BCUT2D eigenvalue weighted by Crippen LogP contribution is -2.34. The molecule has 1 aliphatic heterocycles. The average Bonchev–Trinajstić information content (AvgIpc) is 2.87. The van der Waals surface area contributed by atoms with Gasteiger partial charge in [-0.15, -0.1) is 0 Å². The van der Waals surface area contributed by atoms with E-state index in [1.807, 2.05) is 18.1 Å². The summed E-state index contributed by atoms with van der Waals surface area (Å²) < 4.78 is 0. The number of hydrogen-bond donors (Lipinski definition) is 0. The van der Waals surface area contributed by atoms with E-state index in [0.29, 0.717) is 11.8 Å². The molecule has 0 aliphatic carbocycles. The summed E-state index contributed by atoms with van der Waals surface area (Å²) in [6, 6.07) is 8.53. The van der Waals surface area contributed by atoms with Crippen LogP contribution in [0.2, 0.25) is 0 Å². The van der Waals surface area contributed by atoms with E-state index in [-0.39, 0.29) is 5.25 Å². The van der Waals surface area contributed by atoms with E-state index in [0.717, 1.165) is 19.5 Å². The van der Waals surface area contributed by atoms with Crippen LogP contribution < -0.4 is 0 Å². The Balaban J connectivity index is 2.05. The molecule has 0 aromatic heterocycles. The Morgan fingerprint density at radius 3 is 2.83 bits per heavy atom. The summed E-state index contributed by atoms with van der Waals surface area (Å²) in [4.78, 5) is 14.2. The minimum absolute atomic E-state index is 0.0839. The van der Waals surface area contributed by atoms with E-state index in [9.17, 15) is 4.79 Å². The van der Waals surface area contributed by atoms with E-state index >= 15 is 0 Å². The first-order valence-electron chi connectivity index (χ1n) is 6.50. The topological polar surface area (TPSA) is 20.3 Å². The number of likely N-dealkylation sites (tertiary alicyclic amines) is 1. The molecular weight excluding hydrogens is 242 g/mol. The van der Waals surface area contributed by atoms with Gasteiger partial charge in [0.05, 0.1) is 5.25 Å². The molecule has 1 amide bonds. The van der Waals surface area contributed by atoms with Crippen molar-refractivity contribution in [2.45, 2.75) is 31.4 Å². The molecule has 3 heteroatoms. The maximum absolute atomic E-state index is 12.1. The van der Waals surface area contributed by atoms with Gasteiger partial charge in [-0.2, -0.15) is 11.8 Å². The summed E-state index contributed by atoms with van der Waals surface area (Å²) in [7, 11) is 0. The molecule has 0 unspecified atom stereocenters. The summed E-state index contributed by atoms with van der Waals surface area (Å²) in [6.07, 6.45) is 3.09.